The molecule has 0 radical (unpaired) electrons. The van der Waals surface area contributed by atoms with Crippen LogP contribution < -0.4 is 16.6 Å². The van der Waals surface area contributed by atoms with Crippen LogP contribution in [0.25, 0.3) is 10.9 Å². The van der Waals surface area contributed by atoms with E-state index in [1.807, 2.05) is 12.1 Å². The predicted octanol–water partition coefficient (Wildman–Crippen LogP) is 0.969. The second-order valence-electron chi connectivity index (χ2n) is 5.50. The Morgan fingerprint density at radius 3 is 2.92 bits per heavy atom. The lowest BCUT2D eigenvalue weighted by Gasteiger charge is -2.07. The van der Waals surface area contributed by atoms with E-state index in [2.05, 4.69) is 20.5 Å². The van der Waals surface area contributed by atoms with Gasteiger partial charge in [-0.3, -0.25) is 14.2 Å². The number of para-hydroxylation sites is 1. The fourth-order valence-corrected chi connectivity index (χ4v) is 3.05. The van der Waals surface area contributed by atoms with Gasteiger partial charge < -0.3 is 11.1 Å². The molecule has 0 saturated carbocycles. The summed E-state index contributed by atoms with van der Waals surface area (Å²) in [6.07, 6.45) is 3.05. The molecule has 2 heterocycles. The van der Waals surface area contributed by atoms with Crippen LogP contribution in [-0.4, -0.2) is 32.2 Å². The van der Waals surface area contributed by atoms with Crippen LogP contribution >= 0.6 is 11.3 Å². The number of rotatable bonds is 7. The lowest BCUT2D eigenvalue weighted by molar-refractivity contribution is -0.121. The molecule has 0 fully saturated rings. The first-order valence-electron chi connectivity index (χ1n) is 7.92. The van der Waals surface area contributed by atoms with Gasteiger partial charge in [-0.15, -0.1) is 10.2 Å². The van der Waals surface area contributed by atoms with Crippen molar-refractivity contribution in [3.05, 3.63) is 46.0 Å². The SMILES string of the molecule is Nc1nnc(CCNC(=O)CCCn2cnc3ccccc3c2=O)s1. The third kappa shape index (κ3) is 4.38. The standard InChI is InChI=1S/C16H18N6O2S/c17-16-21-20-14(25-16)7-8-18-13(23)6-3-9-22-10-19-12-5-2-1-4-11(12)15(22)24/h1-2,4-5,10H,3,6-9H2,(H2,17,21)(H,18,23). The van der Waals surface area contributed by atoms with Gasteiger partial charge >= 0.3 is 0 Å². The van der Waals surface area contributed by atoms with Crippen molar-refractivity contribution < 1.29 is 4.79 Å². The number of nitrogens with zero attached hydrogens (tertiary/aromatic N) is 4. The number of nitrogen functional groups attached to an aromatic ring is 1. The molecule has 9 heteroatoms. The Morgan fingerprint density at radius 1 is 1.28 bits per heavy atom. The number of hydrogen-bond donors (Lipinski definition) is 2. The number of anilines is 1. The van der Waals surface area contributed by atoms with Gasteiger partial charge in [0.1, 0.15) is 5.01 Å². The molecule has 0 atom stereocenters. The van der Waals surface area contributed by atoms with Gasteiger partial charge in [0.25, 0.3) is 5.56 Å². The van der Waals surface area contributed by atoms with Gasteiger partial charge in [0.05, 0.1) is 17.2 Å². The average Bonchev–Trinajstić information content (AvgIpc) is 3.02. The van der Waals surface area contributed by atoms with E-state index in [0.29, 0.717) is 48.4 Å². The van der Waals surface area contributed by atoms with Crippen LogP contribution in [0, 0.1) is 0 Å². The first-order valence-corrected chi connectivity index (χ1v) is 8.74. The second kappa shape index (κ2) is 7.84. The molecule has 130 valence electrons. The third-order valence-corrected chi connectivity index (χ3v) is 4.49. The zero-order valence-corrected chi connectivity index (χ0v) is 14.3. The number of nitrogens with two attached hydrogens (primary N) is 1. The minimum absolute atomic E-state index is 0.0562. The van der Waals surface area contributed by atoms with E-state index >= 15 is 0 Å². The van der Waals surface area contributed by atoms with E-state index in [-0.39, 0.29) is 11.5 Å². The lowest BCUT2D eigenvalue weighted by atomic mass is 10.2. The largest absolute Gasteiger partial charge is 0.374 e. The summed E-state index contributed by atoms with van der Waals surface area (Å²) in [5.41, 5.74) is 6.10. The van der Waals surface area contributed by atoms with E-state index in [9.17, 15) is 9.59 Å². The minimum Gasteiger partial charge on any atom is -0.374 e. The fraction of sp³-hybridized carbons (Fsp3) is 0.312. The Morgan fingerprint density at radius 2 is 2.12 bits per heavy atom. The molecule has 0 aliphatic carbocycles. The van der Waals surface area contributed by atoms with Crippen molar-refractivity contribution in [1.82, 2.24) is 25.1 Å². The van der Waals surface area contributed by atoms with Gasteiger partial charge in [-0.05, 0) is 18.6 Å². The Labute approximate surface area is 147 Å². The Bertz CT molecular complexity index is 936. The number of aromatic nitrogens is 4. The van der Waals surface area contributed by atoms with Gasteiger partial charge in [0.15, 0.2) is 0 Å². The monoisotopic (exact) mass is 358 g/mol. The van der Waals surface area contributed by atoms with E-state index in [1.54, 1.807) is 16.7 Å². The van der Waals surface area contributed by atoms with Gasteiger partial charge in [-0.25, -0.2) is 4.98 Å². The molecule has 3 N–H and O–H groups in total. The summed E-state index contributed by atoms with van der Waals surface area (Å²) in [6, 6.07) is 7.22. The van der Waals surface area contributed by atoms with E-state index in [1.165, 1.54) is 17.7 Å². The zero-order chi connectivity index (χ0) is 17.6. The van der Waals surface area contributed by atoms with Crippen LogP contribution in [0.4, 0.5) is 5.13 Å². The molecule has 1 aromatic carbocycles. The van der Waals surface area contributed by atoms with E-state index in [4.69, 9.17) is 5.73 Å². The summed E-state index contributed by atoms with van der Waals surface area (Å²) in [7, 11) is 0. The van der Waals surface area contributed by atoms with Crippen molar-refractivity contribution in [3.63, 3.8) is 0 Å². The fourth-order valence-electron chi connectivity index (χ4n) is 2.44. The number of amides is 1. The van der Waals surface area contributed by atoms with Crippen LogP contribution in [0.5, 0.6) is 0 Å². The number of carbonyl (C=O) groups is 1. The maximum Gasteiger partial charge on any atom is 0.261 e. The highest BCUT2D eigenvalue weighted by atomic mass is 32.1. The van der Waals surface area contributed by atoms with Crippen LogP contribution in [0.1, 0.15) is 17.8 Å². The highest BCUT2D eigenvalue weighted by Crippen LogP contribution is 2.10. The summed E-state index contributed by atoms with van der Waals surface area (Å²) in [5.74, 6) is -0.0562. The second-order valence-corrected chi connectivity index (χ2v) is 6.59. The molecular formula is C16H18N6O2S. The van der Waals surface area contributed by atoms with Crippen LogP contribution in [0.3, 0.4) is 0 Å². The molecule has 1 amide bonds. The number of benzene rings is 1. The first kappa shape index (κ1) is 17.0. The normalized spacial score (nSPS) is 10.9. The number of nitrogens with one attached hydrogen (secondary N) is 1. The molecule has 0 saturated heterocycles. The number of carbonyl (C=O) groups excluding carboxylic acids is 1. The maximum atomic E-state index is 12.3. The summed E-state index contributed by atoms with van der Waals surface area (Å²) in [6.45, 7) is 0.946. The first-order chi connectivity index (χ1) is 12.1. The van der Waals surface area contributed by atoms with Crippen molar-refractivity contribution >= 4 is 33.3 Å². The van der Waals surface area contributed by atoms with Crippen molar-refractivity contribution in [2.45, 2.75) is 25.8 Å². The topological polar surface area (TPSA) is 116 Å². The van der Waals surface area contributed by atoms with E-state index in [0.717, 1.165) is 5.01 Å². The lowest BCUT2D eigenvalue weighted by Crippen LogP contribution is -2.26. The molecule has 0 spiro atoms. The predicted molar refractivity (Wildman–Crippen MR) is 96.3 cm³/mol. The minimum atomic E-state index is -0.0835. The molecule has 0 unspecified atom stereocenters. The smallest absolute Gasteiger partial charge is 0.261 e. The van der Waals surface area contributed by atoms with Gasteiger partial charge in [0, 0.05) is 25.9 Å². The molecule has 0 bridgehead atoms. The van der Waals surface area contributed by atoms with Gasteiger partial charge in [-0.1, -0.05) is 23.5 Å². The Hall–Kier alpha value is -2.81. The Kier molecular flexibility index (Phi) is 5.34. The molecule has 8 nitrogen and oxygen atoms in total. The van der Waals surface area contributed by atoms with E-state index < -0.39 is 0 Å². The third-order valence-electron chi connectivity index (χ3n) is 3.68. The van der Waals surface area contributed by atoms with Crippen LogP contribution in [-0.2, 0) is 17.8 Å². The molecule has 0 aliphatic heterocycles. The van der Waals surface area contributed by atoms with Crippen molar-refractivity contribution in [2.24, 2.45) is 0 Å². The van der Waals surface area contributed by atoms with Gasteiger partial charge in [-0.2, -0.15) is 0 Å². The van der Waals surface area contributed by atoms with Crippen LogP contribution in [0.2, 0.25) is 0 Å². The number of hydrogen-bond acceptors (Lipinski definition) is 7. The molecule has 0 aliphatic rings. The maximum absolute atomic E-state index is 12.3. The average molecular weight is 358 g/mol. The molecular weight excluding hydrogens is 340 g/mol. The van der Waals surface area contributed by atoms with Crippen molar-refractivity contribution in [3.8, 4) is 0 Å². The Balaban J connectivity index is 1.45. The van der Waals surface area contributed by atoms with Crippen molar-refractivity contribution in [2.75, 3.05) is 12.3 Å². The summed E-state index contributed by atoms with van der Waals surface area (Å²) in [5, 5.41) is 12.3. The quantitative estimate of drug-likeness (QED) is 0.650. The molecule has 3 aromatic rings. The van der Waals surface area contributed by atoms with Crippen LogP contribution in [0.15, 0.2) is 35.4 Å². The molecule has 2 aromatic heterocycles. The van der Waals surface area contributed by atoms with Crippen molar-refractivity contribution in [1.29, 1.82) is 0 Å². The summed E-state index contributed by atoms with van der Waals surface area (Å²) in [4.78, 5) is 28.5. The van der Waals surface area contributed by atoms with Gasteiger partial charge in [0.2, 0.25) is 11.0 Å². The highest BCUT2D eigenvalue weighted by molar-refractivity contribution is 7.15. The summed E-state index contributed by atoms with van der Waals surface area (Å²) < 4.78 is 1.54. The highest BCUT2D eigenvalue weighted by Gasteiger charge is 2.06. The number of fused-ring (bicyclic) bond motifs is 1. The molecule has 25 heavy (non-hydrogen) atoms. The molecule has 3 rings (SSSR count). The zero-order valence-electron chi connectivity index (χ0n) is 13.5. The number of aryl methyl sites for hydroxylation is 1. The summed E-state index contributed by atoms with van der Waals surface area (Å²) >= 11 is 1.32.